The Kier molecular flexibility index (Phi) is 5.48. The summed E-state index contributed by atoms with van der Waals surface area (Å²) in [5, 5.41) is 7.82. The Hall–Kier alpha value is -1.51. The van der Waals surface area contributed by atoms with Crippen LogP contribution in [0.3, 0.4) is 0 Å². The Morgan fingerprint density at radius 3 is 2.70 bits per heavy atom. The van der Waals surface area contributed by atoms with Crippen molar-refractivity contribution in [3.63, 3.8) is 0 Å². The summed E-state index contributed by atoms with van der Waals surface area (Å²) in [5.74, 6) is -1.09. The Morgan fingerprint density at radius 1 is 1.19 bits per heavy atom. The van der Waals surface area contributed by atoms with Crippen molar-refractivity contribution in [3.8, 4) is 0 Å². The van der Waals surface area contributed by atoms with Crippen molar-refractivity contribution >= 4 is 33.5 Å². The summed E-state index contributed by atoms with van der Waals surface area (Å²) in [5.41, 5.74) is 3.39. The van der Waals surface area contributed by atoms with E-state index in [1.54, 1.807) is 0 Å². The van der Waals surface area contributed by atoms with Crippen LogP contribution in [0.4, 0.5) is 8.78 Å². The highest BCUT2D eigenvalue weighted by atomic mass is 127. The molecule has 0 fully saturated rings. The zero-order chi connectivity index (χ0) is 19.0. The van der Waals surface area contributed by atoms with E-state index in [4.69, 9.17) is 0 Å². The summed E-state index contributed by atoms with van der Waals surface area (Å²) in [6.45, 7) is 3.07. The molecule has 3 N–H and O–H groups in total. The smallest absolute Gasteiger partial charge is 0.150 e. The molecule has 142 valence electrons. The largest absolute Gasteiger partial charge is 0.354 e. The number of fused-ring (bicyclic) bond motifs is 3. The van der Waals surface area contributed by atoms with Crippen molar-refractivity contribution in [3.05, 3.63) is 68.4 Å². The molecule has 0 aliphatic carbocycles. The molecule has 2 heterocycles. The van der Waals surface area contributed by atoms with Gasteiger partial charge in [-0.1, -0.05) is 25.5 Å². The predicted octanol–water partition coefficient (Wildman–Crippen LogP) is 5.00. The molecule has 6 heteroatoms. The summed E-state index contributed by atoms with van der Waals surface area (Å²) in [6, 6.07) is 10.6. The van der Waals surface area contributed by atoms with Gasteiger partial charge in [0.05, 0.1) is 17.7 Å². The maximum absolute atomic E-state index is 14.4. The van der Waals surface area contributed by atoms with Crippen LogP contribution in [-0.4, -0.2) is 17.7 Å². The van der Waals surface area contributed by atoms with Gasteiger partial charge in [-0.3, -0.25) is 5.32 Å². The van der Waals surface area contributed by atoms with E-state index < -0.39 is 11.6 Å². The van der Waals surface area contributed by atoms with E-state index in [0.717, 1.165) is 45.8 Å². The fourth-order valence-corrected chi connectivity index (χ4v) is 4.17. The maximum Gasteiger partial charge on any atom is 0.150 e. The van der Waals surface area contributed by atoms with Gasteiger partial charge in [0.1, 0.15) is 11.6 Å². The van der Waals surface area contributed by atoms with Gasteiger partial charge in [-0.25, -0.2) is 8.78 Å². The lowest BCUT2D eigenvalue weighted by molar-refractivity contribution is 0.368. The van der Waals surface area contributed by atoms with Crippen molar-refractivity contribution in [2.75, 3.05) is 6.54 Å². The van der Waals surface area contributed by atoms with Crippen molar-refractivity contribution in [1.82, 2.24) is 15.6 Å². The van der Waals surface area contributed by atoms with Crippen molar-refractivity contribution in [2.45, 2.75) is 38.4 Å². The molecule has 0 saturated heterocycles. The molecule has 0 bridgehead atoms. The van der Waals surface area contributed by atoms with E-state index in [1.807, 2.05) is 0 Å². The number of unbranched alkanes of at least 4 members (excludes halogenated alkanes) is 1. The molecule has 1 aromatic heterocycles. The maximum atomic E-state index is 14.4. The third kappa shape index (κ3) is 3.75. The standard InChI is InChI=1S/C21H22F2IN3/c1-2-3-8-25-18-11-16-15-9-13(22)10-17(23)20(15)27-21(16)19(26-18)12-4-6-14(24)7-5-12/h4-7,9-10,18-19,25-27H,2-3,8,11H2,1H3/t18-,19+/m1/s1. The molecule has 27 heavy (non-hydrogen) atoms. The molecule has 0 saturated carbocycles. The lowest BCUT2D eigenvalue weighted by atomic mass is 9.92. The summed E-state index contributed by atoms with van der Waals surface area (Å²) < 4.78 is 29.4. The van der Waals surface area contributed by atoms with Crippen LogP contribution in [0.15, 0.2) is 36.4 Å². The zero-order valence-electron chi connectivity index (χ0n) is 15.1. The molecule has 1 aliphatic heterocycles. The third-order valence-electron chi connectivity index (χ3n) is 5.15. The summed E-state index contributed by atoms with van der Waals surface area (Å²) in [7, 11) is 0. The lowest BCUT2D eigenvalue weighted by Gasteiger charge is -2.32. The van der Waals surface area contributed by atoms with Crippen LogP contribution in [0.1, 0.15) is 42.6 Å². The van der Waals surface area contributed by atoms with Gasteiger partial charge in [0.25, 0.3) is 0 Å². The number of benzene rings is 2. The fraction of sp³-hybridized carbons (Fsp3) is 0.333. The first-order chi connectivity index (χ1) is 13.1. The number of aromatic nitrogens is 1. The molecule has 3 aromatic rings. The first-order valence-corrected chi connectivity index (χ1v) is 10.4. The van der Waals surface area contributed by atoms with Crippen LogP contribution in [0.2, 0.25) is 0 Å². The molecule has 0 spiro atoms. The predicted molar refractivity (Wildman–Crippen MR) is 113 cm³/mol. The average Bonchev–Trinajstić information content (AvgIpc) is 3.01. The fourth-order valence-electron chi connectivity index (χ4n) is 3.81. The molecule has 0 amide bonds. The van der Waals surface area contributed by atoms with Gasteiger partial charge < -0.3 is 10.3 Å². The third-order valence-corrected chi connectivity index (χ3v) is 5.87. The Balaban J connectivity index is 1.79. The van der Waals surface area contributed by atoms with Gasteiger partial charge in [-0.15, -0.1) is 0 Å². The molecule has 4 rings (SSSR count). The molecule has 3 nitrogen and oxygen atoms in total. The lowest BCUT2D eigenvalue weighted by Crippen LogP contribution is -2.49. The highest BCUT2D eigenvalue weighted by molar-refractivity contribution is 14.1. The Bertz CT molecular complexity index is 952. The number of hydrogen-bond donors (Lipinski definition) is 3. The van der Waals surface area contributed by atoms with Crippen LogP contribution in [0.25, 0.3) is 10.9 Å². The van der Waals surface area contributed by atoms with E-state index in [1.165, 1.54) is 6.07 Å². The second-order valence-corrected chi connectivity index (χ2v) is 8.29. The van der Waals surface area contributed by atoms with Crippen molar-refractivity contribution in [2.24, 2.45) is 0 Å². The number of rotatable bonds is 5. The SMILES string of the molecule is CCCCN[C@H]1Cc2c([nH]c3c(F)cc(F)cc23)[C@H](c2ccc(I)cc2)N1. The minimum Gasteiger partial charge on any atom is -0.354 e. The molecule has 0 unspecified atom stereocenters. The highest BCUT2D eigenvalue weighted by Gasteiger charge is 2.31. The minimum absolute atomic E-state index is 0.0543. The average molecular weight is 481 g/mol. The second kappa shape index (κ2) is 7.85. The number of H-pyrrole nitrogens is 1. The Labute approximate surface area is 171 Å². The van der Waals surface area contributed by atoms with E-state index in [2.05, 4.69) is 69.4 Å². The number of hydrogen-bond acceptors (Lipinski definition) is 2. The highest BCUT2D eigenvalue weighted by Crippen LogP contribution is 2.36. The van der Waals surface area contributed by atoms with Gasteiger partial charge in [0.15, 0.2) is 0 Å². The molecule has 1 aliphatic rings. The Morgan fingerprint density at radius 2 is 1.96 bits per heavy atom. The first-order valence-electron chi connectivity index (χ1n) is 9.31. The quantitative estimate of drug-likeness (QED) is 0.355. The van der Waals surface area contributed by atoms with Crippen molar-refractivity contribution < 1.29 is 8.78 Å². The molecule has 2 aromatic carbocycles. The van der Waals surface area contributed by atoms with E-state index in [9.17, 15) is 8.78 Å². The number of aromatic amines is 1. The minimum atomic E-state index is -0.545. The number of nitrogens with one attached hydrogen (secondary N) is 3. The van der Waals surface area contributed by atoms with Gasteiger partial charge in [-0.05, 0) is 64.9 Å². The first kappa shape index (κ1) is 18.8. The monoisotopic (exact) mass is 481 g/mol. The van der Waals surface area contributed by atoms with Crippen LogP contribution >= 0.6 is 22.6 Å². The molecule has 0 radical (unpaired) electrons. The molecular weight excluding hydrogens is 459 g/mol. The summed E-state index contributed by atoms with van der Waals surface area (Å²) in [4.78, 5) is 3.23. The van der Waals surface area contributed by atoms with E-state index in [0.29, 0.717) is 17.3 Å². The van der Waals surface area contributed by atoms with Crippen LogP contribution in [0.5, 0.6) is 0 Å². The van der Waals surface area contributed by atoms with E-state index >= 15 is 0 Å². The second-order valence-electron chi connectivity index (χ2n) is 7.04. The summed E-state index contributed by atoms with van der Waals surface area (Å²) in [6.07, 6.45) is 2.95. The topological polar surface area (TPSA) is 39.9 Å². The number of halogens is 3. The van der Waals surface area contributed by atoms with Crippen LogP contribution < -0.4 is 10.6 Å². The molecule has 2 atom stereocenters. The van der Waals surface area contributed by atoms with E-state index in [-0.39, 0.29) is 12.2 Å². The normalized spacial score (nSPS) is 19.4. The van der Waals surface area contributed by atoms with Crippen molar-refractivity contribution in [1.29, 1.82) is 0 Å². The zero-order valence-corrected chi connectivity index (χ0v) is 17.2. The van der Waals surface area contributed by atoms with Gasteiger partial charge in [-0.2, -0.15) is 0 Å². The van der Waals surface area contributed by atoms with Gasteiger partial charge in [0, 0.05) is 27.1 Å². The van der Waals surface area contributed by atoms with Gasteiger partial charge in [0.2, 0.25) is 0 Å². The van der Waals surface area contributed by atoms with Crippen LogP contribution in [-0.2, 0) is 6.42 Å². The van der Waals surface area contributed by atoms with Crippen LogP contribution in [0, 0.1) is 15.2 Å². The summed E-state index contributed by atoms with van der Waals surface area (Å²) >= 11 is 2.28. The molecular formula is C21H22F2IN3. The van der Waals surface area contributed by atoms with Gasteiger partial charge >= 0.3 is 0 Å².